The van der Waals surface area contributed by atoms with Gasteiger partial charge in [-0.3, -0.25) is 0 Å². The predicted octanol–water partition coefficient (Wildman–Crippen LogP) is 2.93. The fourth-order valence-electron chi connectivity index (χ4n) is 2.06. The molecule has 0 aromatic heterocycles. The average Bonchev–Trinajstić information content (AvgIpc) is 2.38. The van der Waals surface area contributed by atoms with Crippen molar-refractivity contribution in [3.05, 3.63) is 42.5 Å². The molecule has 2 aromatic carbocycles. The maximum atomic E-state index is 5.51. The Morgan fingerprint density at radius 3 is 2.33 bits per heavy atom. The molecular formula is C15H18NOP. The molecule has 3 heteroatoms. The molecule has 0 amide bonds. The van der Waals surface area contributed by atoms with Crippen molar-refractivity contribution in [1.29, 1.82) is 0 Å². The molecule has 2 aromatic rings. The summed E-state index contributed by atoms with van der Waals surface area (Å²) in [5, 5.41) is 1.17. The molecule has 0 fully saturated rings. The minimum atomic E-state index is 0.899. The van der Waals surface area contributed by atoms with Crippen LogP contribution in [-0.2, 0) is 0 Å². The van der Waals surface area contributed by atoms with Gasteiger partial charge >= 0.3 is 0 Å². The summed E-state index contributed by atoms with van der Waals surface area (Å²) >= 11 is 0. The summed E-state index contributed by atoms with van der Waals surface area (Å²) in [7, 11) is 8.59. The van der Waals surface area contributed by atoms with Gasteiger partial charge in [-0.15, -0.1) is 9.24 Å². The van der Waals surface area contributed by atoms with Gasteiger partial charge in [0.05, 0.1) is 7.11 Å². The summed E-state index contributed by atoms with van der Waals surface area (Å²) in [5.74, 6) is 0.899. The van der Waals surface area contributed by atoms with Gasteiger partial charge in [-0.1, -0.05) is 30.3 Å². The zero-order chi connectivity index (χ0) is 13.1. The van der Waals surface area contributed by atoms with Crippen molar-refractivity contribution in [1.82, 2.24) is 0 Å². The zero-order valence-electron chi connectivity index (χ0n) is 11.0. The van der Waals surface area contributed by atoms with E-state index >= 15 is 0 Å². The van der Waals surface area contributed by atoms with Crippen molar-refractivity contribution in [2.75, 3.05) is 26.1 Å². The second-order valence-corrected chi connectivity index (χ2v) is 4.96. The molecule has 94 valence electrons. The monoisotopic (exact) mass is 259 g/mol. The van der Waals surface area contributed by atoms with Crippen molar-refractivity contribution in [3.8, 4) is 16.9 Å². The first-order chi connectivity index (χ1) is 8.65. The van der Waals surface area contributed by atoms with Crippen LogP contribution in [0.3, 0.4) is 0 Å². The minimum Gasteiger partial charge on any atom is -0.496 e. The largest absolute Gasteiger partial charge is 0.496 e. The fourth-order valence-corrected chi connectivity index (χ4v) is 2.41. The zero-order valence-corrected chi connectivity index (χ0v) is 12.1. The molecule has 2 rings (SSSR count). The third-order valence-electron chi connectivity index (χ3n) is 2.94. The van der Waals surface area contributed by atoms with Crippen LogP contribution in [0.15, 0.2) is 42.5 Å². The van der Waals surface area contributed by atoms with Gasteiger partial charge in [0.1, 0.15) is 5.75 Å². The van der Waals surface area contributed by atoms with Crippen LogP contribution >= 0.6 is 9.24 Å². The molecule has 1 atom stereocenters. The third-order valence-corrected chi connectivity index (χ3v) is 3.44. The molecule has 0 N–H and O–H groups in total. The molecule has 0 radical (unpaired) electrons. The lowest BCUT2D eigenvalue weighted by atomic mass is 10.0. The first-order valence-corrected chi connectivity index (χ1v) is 6.42. The lowest BCUT2D eigenvalue weighted by Gasteiger charge is -2.21. The van der Waals surface area contributed by atoms with Gasteiger partial charge in [0, 0.05) is 25.3 Å². The third kappa shape index (κ3) is 2.34. The van der Waals surface area contributed by atoms with E-state index in [0.29, 0.717) is 0 Å². The van der Waals surface area contributed by atoms with E-state index in [4.69, 9.17) is 4.74 Å². The number of rotatable bonds is 3. The van der Waals surface area contributed by atoms with E-state index in [9.17, 15) is 0 Å². The highest BCUT2D eigenvalue weighted by atomic mass is 31.0. The molecule has 0 aliphatic rings. The maximum Gasteiger partial charge on any atom is 0.128 e. The smallest absolute Gasteiger partial charge is 0.128 e. The van der Waals surface area contributed by atoms with E-state index in [1.807, 2.05) is 32.3 Å². The molecule has 1 unspecified atom stereocenters. The second-order valence-electron chi connectivity index (χ2n) is 4.34. The Balaban J connectivity index is 2.72. The van der Waals surface area contributed by atoms with E-state index in [1.165, 1.54) is 10.9 Å². The van der Waals surface area contributed by atoms with Gasteiger partial charge in [0.15, 0.2) is 0 Å². The molecule has 0 heterocycles. The van der Waals surface area contributed by atoms with Crippen LogP contribution in [0.25, 0.3) is 11.1 Å². The Morgan fingerprint density at radius 2 is 1.72 bits per heavy atom. The number of methoxy groups -OCH3 is 1. The number of hydrogen-bond donors (Lipinski definition) is 0. The molecule has 0 bridgehead atoms. The molecule has 18 heavy (non-hydrogen) atoms. The average molecular weight is 259 g/mol. The van der Waals surface area contributed by atoms with Crippen LogP contribution in [0.4, 0.5) is 5.69 Å². The highest BCUT2D eigenvalue weighted by Gasteiger charge is 2.14. The summed E-state index contributed by atoms with van der Waals surface area (Å²) in [6.45, 7) is 0. The maximum absolute atomic E-state index is 5.51. The van der Waals surface area contributed by atoms with E-state index < -0.39 is 0 Å². The van der Waals surface area contributed by atoms with E-state index in [-0.39, 0.29) is 0 Å². The Morgan fingerprint density at radius 1 is 1.00 bits per heavy atom. The van der Waals surface area contributed by atoms with Crippen LogP contribution in [-0.4, -0.2) is 21.2 Å². The van der Waals surface area contributed by atoms with Crippen LogP contribution in [0.5, 0.6) is 5.75 Å². The quantitative estimate of drug-likeness (QED) is 0.786. The fraction of sp³-hybridized carbons (Fsp3) is 0.200. The summed E-state index contributed by atoms with van der Waals surface area (Å²) in [4.78, 5) is 2.11. The SMILES string of the molecule is COc1cccc(N(C)C)c1-c1ccccc1P. The van der Waals surface area contributed by atoms with Gasteiger partial charge < -0.3 is 9.64 Å². The first-order valence-electron chi connectivity index (χ1n) is 5.84. The molecule has 0 saturated heterocycles. The van der Waals surface area contributed by atoms with Crippen molar-refractivity contribution in [2.24, 2.45) is 0 Å². The summed E-state index contributed by atoms with van der Waals surface area (Å²) in [5.41, 5.74) is 3.48. The van der Waals surface area contributed by atoms with Crippen molar-refractivity contribution in [3.63, 3.8) is 0 Å². The molecular weight excluding hydrogens is 241 g/mol. The highest BCUT2D eigenvalue weighted by molar-refractivity contribution is 7.28. The van der Waals surface area contributed by atoms with Crippen LogP contribution in [0, 0.1) is 0 Å². The number of anilines is 1. The molecule has 0 spiro atoms. The normalized spacial score (nSPS) is 10.2. The van der Waals surface area contributed by atoms with Crippen molar-refractivity contribution in [2.45, 2.75) is 0 Å². The van der Waals surface area contributed by atoms with Gasteiger partial charge in [0.25, 0.3) is 0 Å². The van der Waals surface area contributed by atoms with Crippen LogP contribution < -0.4 is 14.9 Å². The van der Waals surface area contributed by atoms with Gasteiger partial charge in [0.2, 0.25) is 0 Å². The standard InChI is InChI=1S/C15H18NOP/c1-16(2)12-8-6-9-13(17-3)15(12)11-7-4-5-10-14(11)18/h4-10H,18H2,1-3H3. The van der Waals surface area contributed by atoms with E-state index in [0.717, 1.165) is 17.0 Å². The molecule has 0 saturated carbocycles. The topological polar surface area (TPSA) is 12.5 Å². The van der Waals surface area contributed by atoms with Gasteiger partial charge in [-0.05, 0) is 23.0 Å². The Kier molecular flexibility index (Phi) is 3.88. The molecule has 0 aliphatic heterocycles. The summed E-state index contributed by atoms with van der Waals surface area (Å²) in [6, 6.07) is 14.4. The van der Waals surface area contributed by atoms with E-state index in [1.54, 1.807) is 7.11 Å². The van der Waals surface area contributed by atoms with Crippen molar-refractivity contribution >= 4 is 20.2 Å². The van der Waals surface area contributed by atoms with Crippen LogP contribution in [0.1, 0.15) is 0 Å². The molecule has 0 aliphatic carbocycles. The van der Waals surface area contributed by atoms with Gasteiger partial charge in [-0.25, -0.2) is 0 Å². The number of nitrogens with zero attached hydrogens (tertiary/aromatic N) is 1. The number of ether oxygens (including phenoxy) is 1. The summed E-state index contributed by atoms with van der Waals surface area (Å²) < 4.78 is 5.51. The Hall–Kier alpha value is -1.53. The first kappa shape index (κ1) is 12.9. The number of hydrogen-bond acceptors (Lipinski definition) is 2. The van der Waals surface area contributed by atoms with Crippen LogP contribution in [0.2, 0.25) is 0 Å². The van der Waals surface area contributed by atoms with E-state index in [2.05, 4.69) is 38.4 Å². The van der Waals surface area contributed by atoms with Gasteiger partial charge in [-0.2, -0.15) is 0 Å². The lowest BCUT2D eigenvalue weighted by molar-refractivity contribution is 0.416. The predicted molar refractivity (Wildman–Crippen MR) is 82.1 cm³/mol. The highest BCUT2D eigenvalue weighted by Crippen LogP contribution is 2.37. The number of benzene rings is 2. The van der Waals surface area contributed by atoms with Crippen molar-refractivity contribution < 1.29 is 4.74 Å². The lowest BCUT2D eigenvalue weighted by Crippen LogP contribution is -2.11. The minimum absolute atomic E-state index is 0.899. The Bertz CT molecular complexity index is 552. The Labute approximate surface area is 111 Å². The summed E-state index contributed by atoms with van der Waals surface area (Å²) in [6.07, 6.45) is 0. The molecule has 2 nitrogen and oxygen atoms in total. The second kappa shape index (κ2) is 5.41.